The summed E-state index contributed by atoms with van der Waals surface area (Å²) in [7, 11) is 1.63. The lowest BCUT2D eigenvalue weighted by molar-refractivity contribution is -0.125. The van der Waals surface area contributed by atoms with Crippen LogP contribution in [0.15, 0.2) is 18.2 Å². The average molecular weight is 320 g/mol. The predicted octanol–water partition coefficient (Wildman–Crippen LogP) is 1.65. The highest BCUT2D eigenvalue weighted by Crippen LogP contribution is 2.34. The van der Waals surface area contributed by atoms with E-state index in [0.717, 1.165) is 17.7 Å². The van der Waals surface area contributed by atoms with Crippen LogP contribution in [0.3, 0.4) is 0 Å². The van der Waals surface area contributed by atoms with Gasteiger partial charge >= 0.3 is 0 Å². The van der Waals surface area contributed by atoms with Crippen molar-refractivity contribution >= 4 is 17.5 Å². The Kier molecular flexibility index (Phi) is 5.98. The van der Waals surface area contributed by atoms with Gasteiger partial charge in [-0.3, -0.25) is 9.59 Å². The number of methoxy groups -OCH3 is 1. The van der Waals surface area contributed by atoms with Gasteiger partial charge in [0.2, 0.25) is 5.91 Å². The van der Waals surface area contributed by atoms with Crippen LogP contribution < -0.4 is 15.0 Å². The first kappa shape index (κ1) is 17.3. The van der Waals surface area contributed by atoms with E-state index in [-0.39, 0.29) is 18.2 Å². The van der Waals surface area contributed by atoms with Crippen molar-refractivity contribution in [3.05, 3.63) is 23.8 Å². The fourth-order valence-electron chi connectivity index (χ4n) is 2.49. The van der Waals surface area contributed by atoms with Crippen LogP contribution in [0.25, 0.3) is 0 Å². The monoisotopic (exact) mass is 320 g/mol. The number of ether oxygens (including phenoxy) is 2. The van der Waals surface area contributed by atoms with Crippen molar-refractivity contribution in [2.45, 2.75) is 32.8 Å². The van der Waals surface area contributed by atoms with Crippen LogP contribution in [-0.2, 0) is 14.3 Å². The maximum Gasteiger partial charge on any atom is 0.267 e. The molecule has 0 saturated heterocycles. The first-order valence-electron chi connectivity index (χ1n) is 7.87. The molecule has 0 aromatic heterocycles. The lowest BCUT2D eigenvalue weighted by atomic mass is 10.1. The highest BCUT2D eigenvalue weighted by Gasteiger charge is 2.31. The molecule has 2 rings (SSSR count). The summed E-state index contributed by atoms with van der Waals surface area (Å²) in [6, 6.07) is 5.73. The number of aryl methyl sites for hydroxylation is 1. The summed E-state index contributed by atoms with van der Waals surface area (Å²) in [6.45, 7) is 5.23. The van der Waals surface area contributed by atoms with Gasteiger partial charge in [-0.15, -0.1) is 0 Å². The second-order valence-electron chi connectivity index (χ2n) is 5.67. The Balaban J connectivity index is 1.97. The number of amides is 2. The molecular formula is C17H24N2O4. The molecule has 1 N–H and O–H groups in total. The van der Waals surface area contributed by atoms with Crippen LogP contribution in [-0.4, -0.2) is 44.7 Å². The predicted molar refractivity (Wildman–Crippen MR) is 87.7 cm³/mol. The number of benzene rings is 1. The minimum Gasteiger partial charge on any atom is -0.479 e. The molecule has 0 radical (unpaired) electrons. The molecule has 1 aromatic rings. The van der Waals surface area contributed by atoms with E-state index in [1.54, 1.807) is 18.9 Å². The van der Waals surface area contributed by atoms with E-state index < -0.39 is 6.10 Å². The number of hydrogen-bond donors (Lipinski definition) is 1. The van der Waals surface area contributed by atoms with Crippen LogP contribution in [0.1, 0.15) is 25.3 Å². The largest absolute Gasteiger partial charge is 0.479 e. The minimum absolute atomic E-state index is 0.0674. The molecule has 6 heteroatoms. The molecule has 0 bridgehead atoms. The number of anilines is 1. The molecule has 0 fully saturated rings. The fraction of sp³-hybridized carbons (Fsp3) is 0.529. The van der Waals surface area contributed by atoms with E-state index in [1.807, 2.05) is 25.1 Å². The number of fused-ring (bicyclic) bond motifs is 1. The van der Waals surface area contributed by atoms with Crippen molar-refractivity contribution in [3.63, 3.8) is 0 Å². The van der Waals surface area contributed by atoms with E-state index in [4.69, 9.17) is 9.47 Å². The minimum atomic E-state index is -0.532. The average Bonchev–Trinajstić information content (AvgIpc) is 2.53. The second-order valence-corrected chi connectivity index (χ2v) is 5.67. The van der Waals surface area contributed by atoms with Gasteiger partial charge in [0.05, 0.1) is 5.69 Å². The standard InChI is InChI=1S/C17H24N2O4/c1-12-5-6-15-14(11-12)19(17(21)13(2)23-15)9-7-16(20)18-8-4-10-22-3/h5-6,11,13H,4,7-10H2,1-3H3,(H,18,20)/t13-/m0/s1. The van der Waals surface area contributed by atoms with Gasteiger partial charge in [-0.2, -0.15) is 0 Å². The smallest absolute Gasteiger partial charge is 0.267 e. The number of nitrogens with zero attached hydrogens (tertiary/aromatic N) is 1. The Morgan fingerprint density at radius 2 is 2.22 bits per heavy atom. The van der Waals surface area contributed by atoms with Crippen molar-refractivity contribution < 1.29 is 19.1 Å². The van der Waals surface area contributed by atoms with E-state index >= 15 is 0 Å². The van der Waals surface area contributed by atoms with E-state index in [1.165, 1.54) is 0 Å². The molecule has 6 nitrogen and oxygen atoms in total. The zero-order chi connectivity index (χ0) is 16.8. The van der Waals surface area contributed by atoms with Gasteiger partial charge in [-0.25, -0.2) is 0 Å². The summed E-state index contributed by atoms with van der Waals surface area (Å²) < 4.78 is 10.6. The molecule has 1 heterocycles. The maximum atomic E-state index is 12.4. The molecule has 1 atom stereocenters. The quantitative estimate of drug-likeness (QED) is 0.776. The fourth-order valence-corrected chi connectivity index (χ4v) is 2.49. The zero-order valence-corrected chi connectivity index (χ0v) is 13.9. The third kappa shape index (κ3) is 4.45. The Hall–Kier alpha value is -2.08. The topological polar surface area (TPSA) is 67.9 Å². The number of nitrogens with one attached hydrogen (secondary N) is 1. The molecule has 2 amide bonds. The van der Waals surface area contributed by atoms with Crippen molar-refractivity contribution in [3.8, 4) is 5.75 Å². The van der Waals surface area contributed by atoms with Crippen molar-refractivity contribution in [2.75, 3.05) is 31.7 Å². The van der Waals surface area contributed by atoms with Crippen LogP contribution in [0, 0.1) is 6.92 Å². The van der Waals surface area contributed by atoms with Gasteiger partial charge in [0.15, 0.2) is 6.10 Å². The van der Waals surface area contributed by atoms with Gasteiger partial charge in [0, 0.05) is 33.2 Å². The summed E-state index contributed by atoms with van der Waals surface area (Å²) in [5, 5.41) is 2.83. The Morgan fingerprint density at radius 1 is 1.43 bits per heavy atom. The van der Waals surface area contributed by atoms with Crippen molar-refractivity contribution in [1.82, 2.24) is 5.32 Å². The molecule has 1 aliphatic rings. The van der Waals surface area contributed by atoms with Gasteiger partial charge in [0.25, 0.3) is 5.91 Å². The molecule has 126 valence electrons. The van der Waals surface area contributed by atoms with Gasteiger partial charge in [-0.1, -0.05) is 6.07 Å². The van der Waals surface area contributed by atoms with Gasteiger partial charge in [0.1, 0.15) is 5.75 Å². The lowest BCUT2D eigenvalue weighted by Crippen LogP contribution is -2.45. The Labute approximate surface area is 136 Å². The van der Waals surface area contributed by atoms with Gasteiger partial charge in [-0.05, 0) is 38.0 Å². The third-order valence-corrected chi connectivity index (χ3v) is 3.73. The summed E-state index contributed by atoms with van der Waals surface area (Å²) in [5.41, 5.74) is 1.78. The van der Waals surface area contributed by atoms with Crippen LogP contribution in [0.5, 0.6) is 5.75 Å². The van der Waals surface area contributed by atoms with E-state index in [9.17, 15) is 9.59 Å². The zero-order valence-electron chi connectivity index (χ0n) is 13.9. The highest BCUT2D eigenvalue weighted by atomic mass is 16.5. The van der Waals surface area contributed by atoms with Crippen LogP contribution in [0.2, 0.25) is 0 Å². The molecule has 0 spiro atoms. The third-order valence-electron chi connectivity index (χ3n) is 3.73. The van der Waals surface area contributed by atoms with Crippen molar-refractivity contribution in [2.24, 2.45) is 0 Å². The van der Waals surface area contributed by atoms with Crippen LogP contribution >= 0.6 is 0 Å². The Bertz CT molecular complexity index is 574. The van der Waals surface area contributed by atoms with E-state index in [2.05, 4.69) is 5.32 Å². The first-order valence-corrected chi connectivity index (χ1v) is 7.87. The number of carbonyl (C=O) groups is 2. The second kappa shape index (κ2) is 7.97. The Morgan fingerprint density at radius 3 is 2.96 bits per heavy atom. The maximum absolute atomic E-state index is 12.4. The summed E-state index contributed by atoms with van der Waals surface area (Å²) in [4.78, 5) is 25.9. The molecule has 0 unspecified atom stereocenters. The molecule has 1 aromatic carbocycles. The molecule has 23 heavy (non-hydrogen) atoms. The summed E-state index contributed by atoms with van der Waals surface area (Å²) in [6.07, 6.45) is 0.506. The number of rotatable bonds is 7. The molecule has 0 aliphatic carbocycles. The van der Waals surface area contributed by atoms with Gasteiger partial charge < -0.3 is 19.7 Å². The first-order chi connectivity index (χ1) is 11.0. The van der Waals surface area contributed by atoms with Crippen LogP contribution in [0.4, 0.5) is 5.69 Å². The number of carbonyl (C=O) groups excluding carboxylic acids is 2. The lowest BCUT2D eigenvalue weighted by Gasteiger charge is -2.33. The van der Waals surface area contributed by atoms with Crippen molar-refractivity contribution in [1.29, 1.82) is 0 Å². The number of hydrogen-bond acceptors (Lipinski definition) is 4. The molecular weight excluding hydrogens is 296 g/mol. The summed E-state index contributed by atoms with van der Waals surface area (Å²) in [5.74, 6) is 0.501. The normalized spacial score (nSPS) is 16.7. The van der Waals surface area contributed by atoms with E-state index in [0.29, 0.717) is 25.4 Å². The highest BCUT2D eigenvalue weighted by molar-refractivity contribution is 6.00. The SMILES string of the molecule is COCCCNC(=O)CCN1C(=O)[C@H](C)Oc2ccc(C)cc21. The molecule has 0 saturated carbocycles. The summed E-state index contributed by atoms with van der Waals surface area (Å²) >= 11 is 0. The molecule has 1 aliphatic heterocycles.